The number of hydrogen-bond donors (Lipinski definition) is 0. The first-order valence-electron chi connectivity index (χ1n) is 10.4. The molecule has 1 aliphatic heterocycles. The van der Waals surface area contributed by atoms with Gasteiger partial charge in [0.1, 0.15) is 5.65 Å². The SMILES string of the molecule is C#Cc1ccc(-c2ccc3nc(-c4ccc(Cl)cc4)c(CN4CCOCC4)n3c2)cc1. The minimum Gasteiger partial charge on any atom is -0.379 e. The third-order valence-electron chi connectivity index (χ3n) is 5.70. The number of terminal acetylenes is 1. The minimum atomic E-state index is 0.722. The number of halogens is 1. The third-order valence-corrected chi connectivity index (χ3v) is 5.95. The highest BCUT2D eigenvalue weighted by Gasteiger charge is 2.19. The van der Waals surface area contributed by atoms with Gasteiger partial charge in [0.25, 0.3) is 0 Å². The first-order chi connectivity index (χ1) is 15.2. The van der Waals surface area contributed by atoms with E-state index in [-0.39, 0.29) is 0 Å². The van der Waals surface area contributed by atoms with Crippen LogP contribution in [-0.2, 0) is 11.3 Å². The fourth-order valence-corrected chi connectivity index (χ4v) is 4.11. The maximum Gasteiger partial charge on any atom is 0.137 e. The average molecular weight is 428 g/mol. The van der Waals surface area contributed by atoms with E-state index >= 15 is 0 Å². The van der Waals surface area contributed by atoms with Crippen LogP contribution >= 0.6 is 11.6 Å². The normalized spacial score (nSPS) is 14.6. The Kier molecular flexibility index (Phi) is 5.48. The quantitative estimate of drug-likeness (QED) is 0.422. The van der Waals surface area contributed by atoms with Gasteiger partial charge in [-0.3, -0.25) is 4.90 Å². The Balaban J connectivity index is 1.62. The molecule has 4 nitrogen and oxygen atoms in total. The Bertz CT molecular complexity index is 1250. The second kappa shape index (κ2) is 8.56. The van der Waals surface area contributed by atoms with Crippen LogP contribution in [0.4, 0.5) is 0 Å². The van der Waals surface area contributed by atoms with Crippen molar-refractivity contribution in [3.05, 3.63) is 83.1 Å². The summed E-state index contributed by atoms with van der Waals surface area (Å²) in [6, 6.07) is 20.2. The summed E-state index contributed by atoms with van der Waals surface area (Å²) >= 11 is 6.12. The largest absolute Gasteiger partial charge is 0.379 e. The lowest BCUT2D eigenvalue weighted by atomic mass is 10.1. The number of fused-ring (bicyclic) bond motifs is 1. The average Bonchev–Trinajstić information content (AvgIpc) is 3.18. The molecule has 0 bridgehead atoms. The lowest BCUT2D eigenvalue weighted by Crippen LogP contribution is -2.36. The lowest BCUT2D eigenvalue weighted by molar-refractivity contribution is 0.0336. The number of ether oxygens (including phenoxy) is 1. The van der Waals surface area contributed by atoms with E-state index in [0.717, 1.165) is 71.5 Å². The zero-order valence-electron chi connectivity index (χ0n) is 17.1. The van der Waals surface area contributed by atoms with Crippen LogP contribution in [0, 0.1) is 12.3 Å². The molecule has 0 spiro atoms. The summed E-state index contributed by atoms with van der Waals surface area (Å²) in [5, 5.41) is 0.722. The molecule has 1 fully saturated rings. The topological polar surface area (TPSA) is 29.8 Å². The van der Waals surface area contributed by atoms with Gasteiger partial charge in [0, 0.05) is 42.0 Å². The number of nitrogens with zero attached hydrogens (tertiary/aromatic N) is 3. The summed E-state index contributed by atoms with van der Waals surface area (Å²) in [6.07, 6.45) is 7.67. The summed E-state index contributed by atoms with van der Waals surface area (Å²) in [4.78, 5) is 7.39. The molecule has 2 aromatic carbocycles. The van der Waals surface area contributed by atoms with Crippen molar-refractivity contribution in [2.75, 3.05) is 26.3 Å². The van der Waals surface area contributed by atoms with Crippen molar-refractivity contribution in [1.82, 2.24) is 14.3 Å². The molecular weight excluding hydrogens is 406 g/mol. The molecule has 5 rings (SSSR count). The van der Waals surface area contributed by atoms with E-state index in [1.165, 1.54) is 5.69 Å². The van der Waals surface area contributed by atoms with Crippen LogP contribution in [0.5, 0.6) is 0 Å². The van der Waals surface area contributed by atoms with Gasteiger partial charge in [0.05, 0.1) is 24.6 Å². The van der Waals surface area contributed by atoms with Crippen LogP contribution in [0.1, 0.15) is 11.3 Å². The molecule has 0 saturated carbocycles. The van der Waals surface area contributed by atoms with Crippen LogP contribution in [0.3, 0.4) is 0 Å². The van der Waals surface area contributed by atoms with Crippen LogP contribution in [0.2, 0.25) is 5.02 Å². The smallest absolute Gasteiger partial charge is 0.137 e. The van der Waals surface area contributed by atoms with Gasteiger partial charge >= 0.3 is 0 Å². The molecule has 1 aliphatic rings. The standard InChI is InChI=1S/C26H22ClN3O/c1-2-19-3-5-20(6-4-19)22-9-12-25-28-26(21-7-10-23(27)11-8-21)24(30(25)17-22)18-29-13-15-31-16-14-29/h1,3-12,17H,13-16,18H2. The van der Waals surface area contributed by atoms with Crippen molar-refractivity contribution < 1.29 is 4.74 Å². The van der Waals surface area contributed by atoms with Crippen molar-refractivity contribution in [3.8, 4) is 34.7 Å². The van der Waals surface area contributed by atoms with Crippen LogP contribution in [-0.4, -0.2) is 40.6 Å². The van der Waals surface area contributed by atoms with Crippen molar-refractivity contribution in [1.29, 1.82) is 0 Å². The highest BCUT2D eigenvalue weighted by Crippen LogP contribution is 2.29. The van der Waals surface area contributed by atoms with E-state index in [9.17, 15) is 0 Å². The van der Waals surface area contributed by atoms with Gasteiger partial charge in [-0.2, -0.15) is 0 Å². The molecule has 0 unspecified atom stereocenters. The molecule has 2 aromatic heterocycles. The van der Waals surface area contributed by atoms with E-state index in [0.29, 0.717) is 0 Å². The molecule has 1 saturated heterocycles. The third kappa shape index (κ3) is 4.08. The fraction of sp³-hybridized carbons (Fsp3) is 0.192. The van der Waals surface area contributed by atoms with E-state index in [4.69, 9.17) is 27.7 Å². The number of pyridine rings is 1. The molecule has 5 heteroatoms. The van der Waals surface area contributed by atoms with Gasteiger partial charge in [-0.15, -0.1) is 6.42 Å². The molecule has 0 aliphatic carbocycles. The van der Waals surface area contributed by atoms with Gasteiger partial charge in [-0.1, -0.05) is 41.8 Å². The molecule has 154 valence electrons. The fourth-order valence-electron chi connectivity index (χ4n) is 3.98. The second-order valence-corrected chi connectivity index (χ2v) is 8.11. The number of hydrogen-bond acceptors (Lipinski definition) is 3. The highest BCUT2D eigenvalue weighted by molar-refractivity contribution is 6.30. The number of benzene rings is 2. The Morgan fingerprint density at radius 2 is 1.58 bits per heavy atom. The Morgan fingerprint density at radius 1 is 0.903 bits per heavy atom. The Morgan fingerprint density at radius 3 is 2.29 bits per heavy atom. The van der Waals surface area contributed by atoms with Gasteiger partial charge in [-0.05, 0) is 47.5 Å². The van der Waals surface area contributed by atoms with E-state index in [1.807, 2.05) is 36.4 Å². The van der Waals surface area contributed by atoms with E-state index < -0.39 is 0 Å². The van der Waals surface area contributed by atoms with Gasteiger partial charge in [0.15, 0.2) is 0 Å². The molecule has 0 atom stereocenters. The second-order valence-electron chi connectivity index (χ2n) is 7.67. The van der Waals surface area contributed by atoms with E-state index in [1.54, 1.807) is 0 Å². The molecule has 4 aromatic rings. The van der Waals surface area contributed by atoms with E-state index in [2.05, 4.69) is 45.7 Å². The number of imidazole rings is 1. The molecule has 3 heterocycles. The zero-order valence-corrected chi connectivity index (χ0v) is 17.8. The van der Waals surface area contributed by atoms with Crippen LogP contribution in [0.15, 0.2) is 66.9 Å². The predicted octanol–water partition coefficient (Wildman–Crippen LogP) is 5.14. The predicted molar refractivity (Wildman–Crippen MR) is 125 cm³/mol. The number of rotatable bonds is 4. The maximum atomic E-state index is 6.12. The minimum absolute atomic E-state index is 0.722. The number of morpholine rings is 1. The summed E-state index contributed by atoms with van der Waals surface area (Å²) in [5.74, 6) is 2.67. The van der Waals surface area contributed by atoms with Gasteiger partial charge < -0.3 is 9.14 Å². The molecular formula is C26H22ClN3O. The monoisotopic (exact) mass is 427 g/mol. The molecule has 0 N–H and O–H groups in total. The highest BCUT2D eigenvalue weighted by atomic mass is 35.5. The van der Waals surface area contributed by atoms with Crippen LogP contribution < -0.4 is 0 Å². The van der Waals surface area contributed by atoms with Crippen LogP contribution in [0.25, 0.3) is 28.0 Å². The summed E-state index contributed by atoms with van der Waals surface area (Å²) in [5.41, 5.74) is 7.28. The molecule has 31 heavy (non-hydrogen) atoms. The van der Waals surface area contributed by atoms with Gasteiger partial charge in [0.2, 0.25) is 0 Å². The maximum absolute atomic E-state index is 6.12. The van der Waals surface area contributed by atoms with Crippen molar-refractivity contribution in [2.24, 2.45) is 0 Å². The van der Waals surface area contributed by atoms with Crippen molar-refractivity contribution in [3.63, 3.8) is 0 Å². The summed E-state index contributed by atoms with van der Waals surface area (Å²) in [7, 11) is 0. The molecule has 0 radical (unpaired) electrons. The Labute approximate surface area is 187 Å². The summed E-state index contributed by atoms with van der Waals surface area (Å²) in [6.45, 7) is 4.17. The van der Waals surface area contributed by atoms with Gasteiger partial charge in [-0.25, -0.2) is 4.98 Å². The summed E-state index contributed by atoms with van der Waals surface area (Å²) < 4.78 is 7.75. The first-order valence-corrected chi connectivity index (χ1v) is 10.7. The zero-order chi connectivity index (χ0) is 21.2. The molecule has 0 amide bonds. The first kappa shape index (κ1) is 19.8. The van der Waals surface area contributed by atoms with Crippen molar-refractivity contribution in [2.45, 2.75) is 6.54 Å². The van der Waals surface area contributed by atoms with Crippen molar-refractivity contribution >= 4 is 17.2 Å². The number of aromatic nitrogens is 2. The lowest BCUT2D eigenvalue weighted by Gasteiger charge is -2.26. The Hall–Kier alpha value is -3.10.